The van der Waals surface area contributed by atoms with Gasteiger partial charge in [-0.3, -0.25) is 4.79 Å². The second-order valence-corrected chi connectivity index (χ2v) is 5.30. The van der Waals surface area contributed by atoms with Crippen LogP contribution in [-0.4, -0.2) is 18.5 Å². The Labute approximate surface area is 92.8 Å². The fraction of sp³-hybridized carbons (Fsp3) is 0.917. The van der Waals surface area contributed by atoms with Gasteiger partial charge in [0.25, 0.3) is 0 Å². The lowest BCUT2D eigenvalue weighted by Gasteiger charge is -2.46. The van der Waals surface area contributed by atoms with Gasteiger partial charge in [-0.25, -0.2) is 0 Å². The first kappa shape index (κ1) is 12.5. The molecule has 0 aromatic rings. The zero-order valence-corrected chi connectivity index (χ0v) is 10.3. The molecule has 1 rings (SSSR count). The number of hydrogen-bond donors (Lipinski definition) is 2. The van der Waals surface area contributed by atoms with Gasteiger partial charge in [-0.1, -0.05) is 20.8 Å². The molecule has 1 saturated carbocycles. The average Bonchev–Trinajstić information content (AvgIpc) is 2.14. The molecule has 1 amide bonds. The summed E-state index contributed by atoms with van der Waals surface area (Å²) in [5.74, 6) is 0.715. The Bertz CT molecular complexity index is 238. The summed E-state index contributed by atoms with van der Waals surface area (Å²) >= 11 is 0. The van der Waals surface area contributed by atoms with Crippen molar-refractivity contribution in [2.75, 3.05) is 6.54 Å². The van der Waals surface area contributed by atoms with Crippen LogP contribution in [0.3, 0.4) is 0 Å². The van der Waals surface area contributed by atoms with Crippen LogP contribution < -0.4 is 11.1 Å². The Morgan fingerprint density at radius 1 is 1.47 bits per heavy atom. The van der Waals surface area contributed by atoms with E-state index in [1.54, 1.807) is 0 Å². The zero-order chi connectivity index (χ0) is 11.6. The summed E-state index contributed by atoms with van der Waals surface area (Å²) in [5.41, 5.74) is 6.07. The lowest BCUT2D eigenvalue weighted by Crippen LogP contribution is -2.51. The van der Waals surface area contributed by atoms with Crippen molar-refractivity contribution in [1.82, 2.24) is 5.32 Å². The maximum Gasteiger partial charge on any atom is 0.223 e. The molecular weight excluding hydrogens is 188 g/mol. The minimum absolute atomic E-state index is 0.0108. The highest BCUT2D eigenvalue weighted by Gasteiger charge is 2.44. The van der Waals surface area contributed by atoms with Gasteiger partial charge >= 0.3 is 0 Å². The molecule has 0 radical (unpaired) electrons. The number of carbonyl (C=O) groups is 1. The molecule has 3 nitrogen and oxygen atoms in total. The molecule has 88 valence electrons. The number of amides is 1. The van der Waals surface area contributed by atoms with E-state index in [-0.39, 0.29) is 23.3 Å². The highest BCUT2D eigenvalue weighted by Crippen LogP contribution is 2.44. The third kappa shape index (κ3) is 2.33. The van der Waals surface area contributed by atoms with E-state index in [0.717, 1.165) is 12.8 Å². The van der Waals surface area contributed by atoms with Crippen LogP contribution in [0, 0.1) is 17.3 Å². The van der Waals surface area contributed by atoms with Crippen LogP contribution in [-0.2, 0) is 4.79 Å². The highest BCUT2D eigenvalue weighted by atomic mass is 16.1. The van der Waals surface area contributed by atoms with Crippen LogP contribution in [0.2, 0.25) is 0 Å². The van der Waals surface area contributed by atoms with Crippen molar-refractivity contribution in [3.8, 4) is 0 Å². The maximum atomic E-state index is 11.9. The summed E-state index contributed by atoms with van der Waals surface area (Å²) in [5, 5.41) is 2.93. The summed E-state index contributed by atoms with van der Waals surface area (Å²) in [4.78, 5) is 11.9. The average molecular weight is 212 g/mol. The lowest BCUT2D eigenvalue weighted by atomic mass is 9.61. The minimum Gasteiger partial charge on any atom is -0.356 e. The molecule has 0 aromatic carbocycles. The normalized spacial score (nSPS) is 34.9. The monoisotopic (exact) mass is 212 g/mol. The molecule has 3 heteroatoms. The fourth-order valence-corrected chi connectivity index (χ4v) is 2.62. The van der Waals surface area contributed by atoms with Gasteiger partial charge in [0.15, 0.2) is 0 Å². The minimum atomic E-state index is 0.0108. The van der Waals surface area contributed by atoms with Gasteiger partial charge in [-0.15, -0.1) is 0 Å². The van der Waals surface area contributed by atoms with Gasteiger partial charge in [0.1, 0.15) is 0 Å². The molecule has 3 N–H and O–H groups in total. The molecule has 0 aromatic heterocycles. The zero-order valence-electron chi connectivity index (χ0n) is 10.3. The number of rotatable bonds is 2. The summed E-state index contributed by atoms with van der Waals surface area (Å²) in [6.07, 6.45) is 1.89. The first-order valence-electron chi connectivity index (χ1n) is 5.94. The van der Waals surface area contributed by atoms with Gasteiger partial charge in [-0.2, -0.15) is 0 Å². The molecule has 0 saturated heterocycles. The molecule has 3 unspecified atom stereocenters. The fourth-order valence-electron chi connectivity index (χ4n) is 2.62. The molecule has 15 heavy (non-hydrogen) atoms. The SMILES string of the molecule is CCNC(=O)C1CCC(N)C(C)C1(C)C. The van der Waals surface area contributed by atoms with Crippen LogP contribution in [0.5, 0.6) is 0 Å². The van der Waals surface area contributed by atoms with Gasteiger partial charge < -0.3 is 11.1 Å². The smallest absolute Gasteiger partial charge is 0.223 e. The number of nitrogens with two attached hydrogens (primary N) is 1. The van der Waals surface area contributed by atoms with Crippen LogP contribution in [0.4, 0.5) is 0 Å². The van der Waals surface area contributed by atoms with Crippen molar-refractivity contribution in [3.05, 3.63) is 0 Å². The summed E-state index contributed by atoms with van der Waals surface area (Å²) in [7, 11) is 0. The molecule has 1 aliphatic rings. The van der Waals surface area contributed by atoms with E-state index in [2.05, 4.69) is 26.1 Å². The molecule has 1 aliphatic carbocycles. The maximum absolute atomic E-state index is 11.9. The van der Waals surface area contributed by atoms with Gasteiger partial charge in [0, 0.05) is 18.5 Å². The van der Waals surface area contributed by atoms with Crippen molar-refractivity contribution >= 4 is 5.91 Å². The van der Waals surface area contributed by atoms with Gasteiger partial charge in [0.05, 0.1) is 0 Å². The van der Waals surface area contributed by atoms with E-state index in [1.807, 2.05) is 6.92 Å². The van der Waals surface area contributed by atoms with E-state index in [0.29, 0.717) is 12.5 Å². The second-order valence-electron chi connectivity index (χ2n) is 5.30. The van der Waals surface area contributed by atoms with E-state index in [1.165, 1.54) is 0 Å². The summed E-state index contributed by atoms with van der Waals surface area (Å²) in [6, 6.07) is 0.241. The van der Waals surface area contributed by atoms with E-state index in [4.69, 9.17) is 5.73 Å². The molecule has 0 spiro atoms. The first-order chi connectivity index (χ1) is 6.91. The third-order valence-corrected chi connectivity index (χ3v) is 4.17. The molecule has 1 fully saturated rings. The Balaban J connectivity index is 2.77. The van der Waals surface area contributed by atoms with Crippen LogP contribution in [0.1, 0.15) is 40.5 Å². The largest absolute Gasteiger partial charge is 0.356 e. The number of nitrogens with one attached hydrogen (secondary N) is 1. The van der Waals surface area contributed by atoms with Crippen LogP contribution >= 0.6 is 0 Å². The summed E-state index contributed by atoms with van der Waals surface area (Å²) < 4.78 is 0. The van der Waals surface area contributed by atoms with Crippen molar-refractivity contribution in [2.45, 2.75) is 46.6 Å². The Hall–Kier alpha value is -0.570. The molecule has 0 aliphatic heterocycles. The lowest BCUT2D eigenvalue weighted by molar-refractivity contribution is -0.132. The molecule has 0 heterocycles. The molecule has 0 bridgehead atoms. The van der Waals surface area contributed by atoms with Gasteiger partial charge in [-0.05, 0) is 31.1 Å². The van der Waals surface area contributed by atoms with Crippen molar-refractivity contribution in [1.29, 1.82) is 0 Å². The second kappa shape index (κ2) is 4.52. The van der Waals surface area contributed by atoms with Crippen molar-refractivity contribution in [2.24, 2.45) is 23.0 Å². The van der Waals surface area contributed by atoms with E-state index in [9.17, 15) is 4.79 Å². The number of carbonyl (C=O) groups excluding carboxylic acids is 1. The van der Waals surface area contributed by atoms with E-state index >= 15 is 0 Å². The van der Waals surface area contributed by atoms with Crippen molar-refractivity contribution in [3.63, 3.8) is 0 Å². The molecule has 3 atom stereocenters. The first-order valence-corrected chi connectivity index (χ1v) is 5.94. The van der Waals surface area contributed by atoms with E-state index < -0.39 is 0 Å². The highest BCUT2D eigenvalue weighted by molar-refractivity contribution is 5.79. The van der Waals surface area contributed by atoms with Gasteiger partial charge in [0.2, 0.25) is 5.91 Å². The summed E-state index contributed by atoms with van der Waals surface area (Å²) in [6.45, 7) is 9.16. The standard InChI is InChI=1S/C12H24N2O/c1-5-14-11(15)9-6-7-10(13)8(2)12(9,3)4/h8-10H,5-7,13H2,1-4H3,(H,14,15). The van der Waals surface area contributed by atoms with Crippen molar-refractivity contribution < 1.29 is 4.79 Å². The topological polar surface area (TPSA) is 55.1 Å². The Morgan fingerprint density at radius 3 is 2.60 bits per heavy atom. The number of hydrogen-bond acceptors (Lipinski definition) is 2. The predicted octanol–water partition coefficient (Wildman–Crippen LogP) is 1.52. The Morgan fingerprint density at radius 2 is 2.07 bits per heavy atom. The predicted molar refractivity (Wildman–Crippen MR) is 62.3 cm³/mol. The quantitative estimate of drug-likeness (QED) is 0.729. The third-order valence-electron chi connectivity index (χ3n) is 4.17. The molecular formula is C12H24N2O. The van der Waals surface area contributed by atoms with Crippen LogP contribution in [0.25, 0.3) is 0 Å². The Kier molecular flexibility index (Phi) is 3.77. The van der Waals surface area contributed by atoms with Crippen LogP contribution in [0.15, 0.2) is 0 Å².